The Hall–Kier alpha value is -3.08. The van der Waals surface area contributed by atoms with Gasteiger partial charge in [-0.2, -0.15) is 0 Å². The molecule has 0 aliphatic rings. The van der Waals surface area contributed by atoms with E-state index in [1.54, 1.807) is 36.5 Å². The number of fused-ring (bicyclic) bond motifs is 1. The second-order valence-corrected chi connectivity index (χ2v) is 4.90. The first-order chi connectivity index (χ1) is 10.7. The summed E-state index contributed by atoms with van der Waals surface area (Å²) >= 11 is 0. The van der Waals surface area contributed by atoms with Crippen LogP contribution in [0.15, 0.2) is 60.8 Å². The van der Waals surface area contributed by atoms with E-state index in [-0.39, 0.29) is 0 Å². The molecule has 3 N–H and O–H groups in total. The van der Waals surface area contributed by atoms with E-state index in [0.717, 1.165) is 10.9 Å². The molecule has 110 valence electrons. The summed E-state index contributed by atoms with van der Waals surface area (Å²) in [4.78, 5) is 26.9. The fraction of sp³-hybridized carbons (Fsp3) is 0.0588. The first-order valence-corrected chi connectivity index (χ1v) is 6.81. The number of hydrogen-bond acceptors (Lipinski definition) is 2. The Morgan fingerprint density at radius 2 is 1.68 bits per heavy atom. The SMILES string of the molecule is O=C(NC(C(=O)O)c1ccccc1)c1c[nH]c2ccccc12. The first-order valence-electron chi connectivity index (χ1n) is 6.81. The highest BCUT2D eigenvalue weighted by atomic mass is 16.4. The lowest BCUT2D eigenvalue weighted by molar-refractivity contribution is -0.139. The number of aliphatic carboxylic acids is 1. The van der Waals surface area contributed by atoms with E-state index in [9.17, 15) is 14.7 Å². The van der Waals surface area contributed by atoms with Crippen molar-refractivity contribution in [2.24, 2.45) is 0 Å². The number of amides is 1. The third-order valence-corrected chi connectivity index (χ3v) is 3.49. The molecule has 0 fully saturated rings. The van der Waals surface area contributed by atoms with Crippen molar-refractivity contribution >= 4 is 22.8 Å². The van der Waals surface area contributed by atoms with Gasteiger partial charge in [-0.1, -0.05) is 48.5 Å². The zero-order valence-electron chi connectivity index (χ0n) is 11.6. The van der Waals surface area contributed by atoms with Crippen molar-refractivity contribution in [3.63, 3.8) is 0 Å². The van der Waals surface area contributed by atoms with E-state index in [2.05, 4.69) is 10.3 Å². The lowest BCUT2D eigenvalue weighted by atomic mass is 10.1. The van der Waals surface area contributed by atoms with Crippen LogP contribution in [0.1, 0.15) is 22.0 Å². The maximum absolute atomic E-state index is 12.4. The molecule has 0 bridgehead atoms. The molecule has 5 nitrogen and oxygen atoms in total. The van der Waals surface area contributed by atoms with Crippen LogP contribution in [0.5, 0.6) is 0 Å². The number of rotatable bonds is 4. The minimum absolute atomic E-state index is 0.422. The number of H-pyrrole nitrogens is 1. The van der Waals surface area contributed by atoms with E-state index in [4.69, 9.17) is 0 Å². The monoisotopic (exact) mass is 294 g/mol. The fourth-order valence-electron chi connectivity index (χ4n) is 2.40. The topological polar surface area (TPSA) is 82.2 Å². The summed E-state index contributed by atoms with van der Waals surface area (Å²) in [6.45, 7) is 0. The summed E-state index contributed by atoms with van der Waals surface area (Å²) in [5, 5.41) is 12.7. The molecule has 0 aliphatic carbocycles. The van der Waals surface area contributed by atoms with Crippen molar-refractivity contribution in [1.29, 1.82) is 0 Å². The largest absolute Gasteiger partial charge is 0.479 e. The number of carboxylic acids is 1. The number of carboxylic acid groups (broad SMARTS) is 1. The second kappa shape index (κ2) is 5.73. The van der Waals surface area contributed by atoms with Crippen LogP contribution in [0.25, 0.3) is 10.9 Å². The minimum atomic E-state index is -1.10. The number of aromatic nitrogens is 1. The number of hydrogen-bond donors (Lipinski definition) is 3. The summed E-state index contributed by atoms with van der Waals surface area (Å²) in [6.07, 6.45) is 1.59. The molecule has 1 heterocycles. The molecular weight excluding hydrogens is 280 g/mol. The van der Waals surface area contributed by atoms with Gasteiger partial charge in [-0.3, -0.25) is 4.79 Å². The number of para-hydroxylation sites is 1. The maximum atomic E-state index is 12.4. The minimum Gasteiger partial charge on any atom is -0.479 e. The van der Waals surface area contributed by atoms with Crippen LogP contribution in [0.4, 0.5) is 0 Å². The molecule has 0 saturated heterocycles. The molecule has 5 heteroatoms. The highest BCUT2D eigenvalue weighted by Crippen LogP contribution is 2.19. The summed E-state index contributed by atoms with van der Waals surface area (Å²) in [5.41, 5.74) is 1.79. The van der Waals surface area contributed by atoms with Gasteiger partial charge >= 0.3 is 5.97 Å². The molecule has 3 rings (SSSR count). The van der Waals surface area contributed by atoms with Gasteiger partial charge in [0.1, 0.15) is 0 Å². The van der Waals surface area contributed by atoms with Gasteiger partial charge in [-0.25, -0.2) is 4.79 Å². The molecule has 1 unspecified atom stereocenters. The molecule has 1 atom stereocenters. The Labute approximate surface area is 126 Å². The Kier molecular flexibility index (Phi) is 3.62. The average Bonchev–Trinajstić information content (AvgIpc) is 2.97. The molecule has 0 spiro atoms. The standard InChI is InChI=1S/C17H14N2O3/c20-16(13-10-18-14-9-5-4-8-12(13)14)19-15(17(21)22)11-6-2-1-3-7-11/h1-10,15,18H,(H,19,20)(H,21,22). The van der Waals surface area contributed by atoms with Crippen molar-refractivity contribution in [3.05, 3.63) is 71.9 Å². The van der Waals surface area contributed by atoms with Gasteiger partial charge in [0.05, 0.1) is 5.56 Å². The Bertz CT molecular complexity index is 824. The highest BCUT2D eigenvalue weighted by Gasteiger charge is 2.23. The maximum Gasteiger partial charge on any atom is 0.330 e. The molecule has 1 amide bonds. The predicted octanol–water partition coefficient (Wildman–Crippen LogP) is 2.72. The van der Waals surface area contributed by atoms with E-state index >= 15 is 0 Å². The van der Waals surface area contributed by atoms with Gasteiger partial charge in [-0.05, 0) is 11.6 Å². The number of benzene rings is 2. The number of nitrogens with one attached hydrogen (secondary N) is 2. The van der Waals surface area contributed by atoms with Gasteiger partial charge in [0.15, 0.2) is 6.04 Å². The van der Waals surface area contributed by atoms with Crippen LogP contribution in [0, 0.1) is 0 Å². The molecule has 2 aromatic carbocycles. The normalized spacial score (nSPS) is 12.0. The van der Waals surface area contributed by atoms with Crippen LogP contribution in [0.2, 0.25) is 0 Å². The Morgan fingerprint density at radius 1 is 1.00 bits per heavy atom. The van der Waals surface area contributed by atoms with Crippen molar-refractivity contribution in [2.45, 2.75) is 6.04 Å². The summed E-state index contributed by atoms with van der Waals surface area (Å²) in [5.74, 6) is -1.52. The zero-order chi connectivity index (χ0) is 15.5. The van der Waals surface area contributed by atoms with Crippen molar-refractivity contribution in [3.8, 4) is 0 Å². The van der Waals surface area contributed by atoms with Gasteiger partial charge < -0.3 is 15.4 Å². The molecular formula is C17H14N2O3. The smallest absolute Gasteiger partial charge is 0.330 e. The lowest BCUT2D eigenvalue weighted by Gasteiger charge is -2.14. The number of carbonyl (C=O) groups excluding carboxylic acids is 1. The van der Waals surface area contributed by atoms with Gasteiger partial charge in [-0.15, -0.1) is 0 Å². The van der Waals surface area contributed by atoms with E-state index < -0.39 is 17.9 Å². The van der Waals surface area contributed by atoms with E-state index in [1.807, 2.05) is 24.3 Å². The highest BCUT2D eigenvalue weighted by molar-refractivity contribution is 6.07. The van der Waals surface area contributed by atoms with Crippen molar-refractivity contribution in [1.82, 2.24) is 10.3 Å². The Balaban J connectivity index is 1.90. The van der Waals surface area contributed by atoms with E-state index in [1.165, 1.54) is 0 Å². The molecule has 22 heavy (non-hydrogen) atoms. The molecule has 1 aromatic heterocycles. The molecule has 0 radical (unpaired) electrons. The summed E-state index contributed by atoms with van der Waals surface area (Å²) in [7, 11) is 0. The van der Waals surface area contributed by atoms with Crippen LogP contribution in [-0.2, 0) is 4.79 Å². The fourth-order valence-corrected chi connectivity index (χ4v) is 2.40. The average molecular weight is 294 g/mol. The van der Waals surface area contributed by atoms with Crippen LogP contribution < -0.4 is 5.32 Å². The number of carbonyl (C=O) groups is 2. The molecule has 0 saturated carbocycles. The first kappa shape index (κ1) is 13.9. The van der Waals surface area contributed by atoms with Gasteiger partial charge in [0.2, 0.25) is 0 Å². The van der Waals surface area contributed by atoms with Gasteiger partial charge in [0.25, 0.3) is 5.91 Å². The number of aromatic amines is 1. The zero-order valence-corrected chi connectivity index (χ0v) is 11.6. The molecule has 3 aromatic rings. The molecule has 0 aliphatic heterocycles. The van der Waals surface area contributed by atoms with Gasteiger partial charge in [0, 0.05) is 17.1 Å². The van der Waals surface area contributed by atoms with Crippen molar-refractivity contribution in [2.75, 3.05) is 0 Å². The van der Waals surface area contributed by atoms with Crippen LogP contribution in [-0.4, -0.2) is 22.0 Å². The second-order valence-electron chi connectivity index (χ2n) is 4.90. The predicted molar refractivity (Wildman–Crippen MR) is 82.6 cm³/mol. The third kappa shape index (κ3) is 2.56. The summed E-state index contributed by atoms with van der Waals surface area (Å²) < 4.78 is 0. The van der Waals surface area contributed by atoms with E-state index in [0.29, 0.717) is 11.1 Å². The lowest BCUT2D eigenvalue weighted by Crippen LogP contribution is -2.33. The van der Waals surface area contributed by atoms with Crippen LogP contribution in [0.3, 0.4) is 0 Å². The third-order valence-electron chi connectivity index (χ3n) is 3.49. The van der Waals surface area contributed by atoms with Crippen LogP contribution >= 0.6 is 0 Å². The van der Waals surface area contributed by atoms with Crippen molar-refractivity contribution < 1.29 is 14.7 Å². The quantitative estimate of drug-likeness (QED) is 0.692. The Morgan fingerprint density at radius 3 is 2.41 bits per heavy atom. The summed E-state index contributed by atoms with van der Waals surface area (Å²) in [6, 6.07) is 14.9.